The molecule has 72 valence electrons. The molecule has 1 fully saturated rings. The lowest BCUT2D eigenvalue weighted by molar-refractivity contribution is 0.107. The molecule has 1 rings (SSSR count). The van der Waals surface area contributed by atoms with Crippen LogP contribution in [0.1, 0.15) is 6.92 Å². The molecule has 0 radical (unpaired) electrons. The highest BCUT2D eigenvalue weighted by atomic mass is 35.6. The van der Waals surface area contributed by atoms with Gasteiger partial charge in [-0.1, -0.05) is 34.8 Å². The van der Waals surface area contributed by atoms with Crippen LogP contribution < -0.4 is 5.32 Å². The molecular formula is C5H9Cl3N2OS. The SMILES string of the molecule is CCOC1NCN(C(Cl)(Cl)Cl)S1. The Labute approximate surface area is 90.8 Å². The van der Waals surface area contributed by atoms with Crippen LogP contribution in [0.15, 0.2) is 0 Å². The van der Waals surface area contributed by atoms with Crippen LogP contribution in [-0.4, -0.2) is 27.1 Å². The fourth-order valence-electron chi connectivity index (χ4n) is 0.738. The summed E-state index contributed by atoms with van der Waals surface area (Å²) in [6, 6.07) is 0. The maximum atomic E-state index is 5.65. The molecule has 0 spiro atoms. The lowest BCUT2D eigenvalue weighted by Crippen LogP contribution is -2.30. The molecule has 0 aromatic heterocycles. The number of rotatable bonds is 2. The standard InChI is InChI=1S/C5H9Cl3N2OS/c1-2-11-4-9-3-10(12-4)5(6,7)8/h4,9H,2-3H2,1H3. The Hall–Kier alpha value is 1.10. The first-order valence-corrected chi connectivity index (χ1v) is 5.37. The summed E-state index contributed by atoms with van der Waals surface area (Å²) in [5.74, 6) is 0. The first kappa shape index (κ1) is 11.2. The minimum Gasteiger partial charge on any atom is -0.353 e. The van der Waals surface area contributed by atoms with Crippen LogP contribution in [0, 0.1) is 0 Å². The average Bonchev–Trinajstić information content (AvgIpc) is 2.35. The average molecular weight is 252 g/mol. The quantitative estimate of drug-likeness (QED) is 0.462. The van der Waals surface area contributed by atoms with Crippen LogP contribution >= 0.6 is 46.8 Å². The van der Waals surface area contributed by atoms with Crippen molar-refractivity contribution >= 4 is 46.8 Å². The van der Waals surface area contributed by atoms with Crippen molar-refractivity contribution in [3.63, 3.8) is 0 Å². The van der Waals surface area contributed by atoms with Gasteiger partial charge < -0.3 is 4.74 Å². The molecule has 0 aromatic carbocycles. The first-order valence-electron chi connectivity index (χ1n) is 3.40. The highest BCUT2D eigenvalue weighted by molar-refractivity contribution is 7.97. The van der Waals surface area contributed by atoms with Gasteiger partial charge in [-0.3, -0.25) is 5.32 Å². The molecular weight excluding hydrogens is 242 g/mol. The maximum absolute atomic E-state index is 5.65. The van der Waals surface area contributed by atoms with E-state index in [0.29, 0.717) is 13.3 Å². The van der Waals surface area contributed by atoms with Gasteiger partial charge in [-0.15, -0.1) is 0 Å². The minimum atomic E-state index is -1.37. The van der Waals surface area contributed by atoms with Gasteiger partial charge in [0.15, 0.2) is 5.56 Å². The number of halogens is 3. The van der Waals surface area contributed by atoms with Crippen LogP contribution in [0.2, 0.25) is 0 Å². The second-order valence-electron chi connectivity index (χ2n) is 2.10. The monoisotopic (exact) mass is 250 g/mol. The van der Waals surface area contributed by atoms with E-state index in [2.05, 4.69) is 5.32 Å². The van der Waals surface area contributed by atoms with Gasteiger partial charge in [0.2, 0.25) is 0 Å². The van der Waals surface area contributed by atoms with Crippen molar-refractivity contribution in [2.24, 2.45) is 0 Å². The molecule has 1 unspecified atom stereocenters. The van der Waals surface area contributed by atoms with Gasteiger partial charge in [0.25, 0.3) is 3.92 Å². The zero-order chi connectivity index (χ0) is 9.19. The molecule has 1 N–H and O–H groups in total. The molecule has 1 heterocycles. The van der Waals surface area contributed by atoms with E-state index in [0.717, 1.165) is 0 Å². The summed E-state index contributed by atoms with van der Waals surface area (Å²) >= 11 is 18.3. The summed E-state index contributed by atoms with van der Waals surface area (Å²) < 4.78 is 5.49. The summed E-state index contributed by atoms with van der Waals surface area (Å²) in [6.45, 7) is 3.06. The molecule has 0 bridgehead atoms. The van der Waals surface area contributed by atoms with E-state index < -0.39 is 3.92 Å². The van der Waals surface area contributed by atoms with Crippen molar-refractivity contribution in [2.45, 2.75) is 16.4 Å². The molecule has 3 nitrogen and oxygen atoms in total. The van der Waals surface area contributed by atoms with Crippen LogP contribution in [-0.2, 0) is 4.74 Å². The largest absolute Gasteiger partial charge is 0.353 e. The summed E-state index contributed by atoms with van der Waals surface area (Å²) in [6.07, 6.45) is 0. The van der Waals surface area contributed by atoms with Gasteiger partial charge >= 0.3 is 0 Å². The Morgan fingerprint density at radius 1 is 1.67 bits per heavy atom. The van der Waals surface area contributed by atoms with Crippen LogP contribution in [0.3, 0.4) is 0 Å². The van der Waals surface area contributed by atoms with Crippen LogP contribution in [0.25, 0.3) is 0 Å². The van der Waals surface area contributed by atoms with Crippen molar-refractivity contribution < 1.29 is 4.74 Å². The lowest BCUT2D eigenvalue weighted by Gasteiger charge is -2.21. The van der Waals surface area contributed by atoms with E-state index in [9.17, 15) is 0 Å². The van der Waals surface area contributed by atoms with E-state index >= 15 is 0 Å². The van der Waals surface area contributed by atoms with Gasteiger partial charge in [-0.25, -0.2) is 0 Å². The molecule has 1 atom stereocenters. The highest BCUT2D eigenvalue weighted by Crippen LogP contribution is 2.39. The Morgan fingerprint density at radius 3 is 2.75 bits per heavy atom. The van der Waals surface area contributed by atoms with Crippen molar-refractivity contribution in [1.82, 2.24) is 9.62 Å². The van der Waals surface area contributed by atoms with Crippen LogP contribution in [0.4, 0.5) is 0 Å². The molecule has 12 heavy (non-hydrogen) atoms. The fraction of sp³-hybridized carbons (Fsp3) is 1.00. The number of nitrogens with one attached hydrogen (secondary N) is 1. The Balaban J connectivity index is 2.35. The first-order chi connectivity index (χ1) is 5.54. The third kappa shape index (κ3) is 3.10. The Bertz CT molecular complexity index is 154. The predicted octanol–water partition coefficient (Wildman–Crippen LogP) is 2.15. The maximum Gasteiger partial charge on any atom is 0.258 e. The van der Waals surface area contributed by atoms with E-state index in [1.54, 1.807) is 4.31 Å². The van der Waals surface area contributed by atoms with E-state index in [-0.39, 0.29) is 5.56 Å². The van der Waals surface area contributed by atoms with E-state index in [1.165, 1.54) is 11.9 Å². The molecule has 0 amide bonds. The Morgan fingerprint density at radius 2 is 2.33 bits per heavy atom. The van der Waals surface area contributed by atoms with Gasteiger partial charge in [0.1, 0.15) is 0 Å². The number of ether oxygens (including phenoxy) is 1. The molecule has 7 heteroatoms. The summed E-state index contributed by atoms with van der Waals surface area (Å²) in [4.78, 5) is 0. The van der Waals surface area contributed by atoms with Gasteiger partial charge in [0.05, 0.1) is 6.67 Å². The van der Waals surface area contributed by atoms with E-state index in [1.807, 2.05) is 6.92 Å². The second kappa shape index (κ2) is 4.55. The normalized spacial score (nSPS) is 26.5. The number of nitrogens with zero attached hydrogens (tertiary/aromatic N) is 1. The zero-order valence-corrected chi connectivity index (χ0v) is 9.47. The van der Waals surface area contributed by atoms with Crippen molar-refractivity contribution in [2.75, 3.05) is 13.3 Å². The molecule has 1 aliphatic heterocycles. The Kier molecular flexibility index (Phi) is 4.24. The van der Waals surface area contributed by atoms with Crippen molar-refractivity contribution in [1.29, 1.82) is 0 Å². The molecule has 1 aliphatic rings. The van der Waals surface area contributed by atoms with Gasteiger partial charge in [-0.2, -0.15) is 4.31 Å². The lowest BCUT2D eigenvalue weighted by atomic mass is 10.9. The number of alkyl halides is 3. The van der Waals surface area contributed by atoms with Crippen molar-refractivity contribution in [3.8, 4) is 0 Å². The number of hydrogen-bond acceptors (Lipinski definition) is 4. The van der Waals surface area contributed by atoms with Gasteiger partial charge in [-0.05, 0) is 18.9 Å². The molecule has 0 saturated carbocycles. The fourth-order valence-corrected chi connectivity index (χ4v) is 2.12. The minimum absolute atomic E-state index is 0.106. The molecule has 0 aliphatic carbocycles. The molecule has 1 saturated heterocycles. The summed E-state index contributed by atoms with van der Waals surface area (Å²) in [7, 11) is 0. The third-order valence-corrected chi connectivity index (χ3v) is 3.29. The smallest absolute Gasteiger partial charge is 0.258 e. The third-order valence-electron chi connectivity index (χ3n) is 1.23. The molecule has 0 aromatic rings. The summed E-state index contributed by atoms with van der Waals surface area (Å²) in [5, 5.41) is 3.03. The van der Waals surface area contributed by atoms with Gasteiger partial charge in [0, 0.05) is 6.61 Å². The highest BCUT2D eigenvalue weighted by Gasteiger charge is 2.37. The van der Waals surface area contributed by atoms with E-state index in [4.69, 9.17) is 39.5 Å². The zero-order valence-electron chi connectivity index (χ0n) is 6.39. The van der Waals surface area contributed by atoms with Crippen LogP contribution in [0.5, 0.6) is 0 Å². The predicted molar refractivity (Wildman–Crippen MR) is 53.1 cm³/mol. The summed E-state index contributed by atoms with van der Waals surface area (Å²) in [5.41, 5.74) is -0.106. The topological polar surface area (TPSA) is 24.5 Å². The second-order valence-corrected chi connectivity index (χ2v) is 5.40. The number of hydrogen-bond donors (Lipinski definition) is 1. The van der Waals surface area contributed by atoms with Crippen molar-refractivity contribution in [3.05, 3.63) is 0 Å².